The van der Waals surface area contributed by atoms with E-state index in [1.54, 1.807) is 0 Å². The van der Waals surface area contributed by atoms with E-state index in [9.17, 15) is 9.59 Å². The molecule has 0 saturated heterocycles. The minimum atomic E-state index is -0.204. The predicted molar refractivity (Wildman–Crippen MR) is 53.9 cm³/mol. The van der Waals surface area contributed by atoms with E-state index in [4.69, 9.17) is 4.74 Å². The normalized spacial score (nSPS) is 9.69. The van der Waals surface area contributed by atoms with E-state index < -0.39 is 0 Å². The molecule has 0 aliphatic carbocycles. The van der Waals surface area contributed by atoms with Crippen LogP contribution in [-0.2, 0) is 14.3 Å². The van der Waals surface area contributed by atoms with E-state index in [0.717, 1.165) is 6.42 Å². The van der Waals surface area contributed by atoms with E-state index in [2.05, 4.69) is 15.9 Å². The van der Waals surface area contributed by atoms with Gasteiger partial charge >= 0.3 is 5.97 Å². The number of carbonyl (C=O) groups excluding carboxylic acids is 2. The summed E-state index contributed by atoms with van der Waals surface area (Å²) in [5.41, 5.74) is 0. The molecule has 0 aromatic carbocycles. The molecule has 0 heterocycles. The van der Waals surface area contributed by atoms with Crippen LogP contribution < -0.4 is 0 Å². The molecule has 0 N–H and O–H groups in total. The van der Waals surface area contributed by atoms with Crippen LogP contribution in [-0.4, -0.2) is 23.7 Å². The Morgan fingerprint density at radius 3 is 2.54 bits per heavy atom. The highest BCUT2D eigenvalue weighted by Crippen LogP contribution is 2.00. The molecule has 0 bridgehead atoms. The second-order valence-corrected chi connectivity index (χ2v) is 3.31. The number of alkyl halides is 1. The van der Waals surface area contributed by atoms with E-state index >= 15 is 0 Å². The number of hydrogen-bond acceptors (Lipinski definition) is 3. The van der Waals surface area contributed by atoms with Crippen molar-refractivity contribution in [3.63, 3.8) is 0 Å². The van der Waals surface area contributed by atoms with Gasteiger partial charge < -0.3 is 4.74 Å². The molecule has 0 rings (SSSR count). The summed E-state index contributed by atoms with van der Waals surface area (Å²) < 4.78 is 4.84. The highest BCUT2D eigenvalue weighted by atomic mass is 79.9. The van der Waals surface area contributed by atoms with Crippen LogP contribution in [0.2, 0.25) is 0 Å². The van der Waals surface area contributed by atoms with Crippen LogP contribution in [0.3, 0.4) is 0 Å². The average Bonchev–Trinajstić information content (AvgIpc) is 2.14. The summed E-state index contributed by atoms with van der Waals surface area (Å²) >= 11 is 3.06. The lowest BCUT2D eigenvalue weighted by atomic mass is 10.2. The van der Waals surface area contributed by atoms with Crippen molar-refractivity contribution in [2.45, 2.75) is 32.6 Å². The molecule has 0 atom stereocenters. The first-order valence-corrected chi connectivity index (χ1v) is 5.56. The van der Waals surface area contributed by atoms with Crippen molar-refractivity contribution in [3.8, 4) is 0 Å². The Balaban J connectivity index is 3.31. The van der Waals surface area contributed by atoms with Crippen molar-refractivity contribution in [1.82, 2.24) is 0 Å². The third-order valence-corrected chi connectivity index (χ3v) is 2.08. The van der Waals surface area contributed by atoms with Gasteiger partial charge in [-0.1, -0.05) is 22.9 Å². The van der Waals surface area contributed by atoms with E-state index in [-0.39, 0.29) is 11.8 Å². The molecule has 0 aliphatic heterocycles. The van der Waals surface area contributed by atoms with Crippen LogP contribution in [0.15, 0.2) is 0 Å². The first-order valence-electron chi connectivity index (χ1n) is 4.44. The van der Waals surface area contributed by atoms with Crippen LogP contribution in [0, 0.1) is 0 Å². The van der Waals surface area contributed by atoms with Crippen LogP contribution in [0.1, 0.15) is 32.6 Å². The van der Waals surface area contributed by atoms with E-state index in [0.29, 0.717) is 31.2 Å². The number of hydrogen-bond donors (Lipinski definition) is 0. The molecule has 4 heteroatoms. The Bertz CT molecular complexity index is 168. The Hall–Kier alpha value is -0.380. The summed E-state index contributed by atoms with van der Waals surface area (Å²) in [6.45, 7) is 2.42. The molecule has 0 spiro atoms. The lowest BCUT2D eigenvalue weighted by Crippen LogP contribution is -2.06. The summed E-state index contributed by atoms with van der Waals surface area (Å²) in [7, 11) is 0. The Kier molecular flexibility index (Phi) is 7.99. The van der Waals surface area contributed by atoms with Crippen LogP contribution in [0.4, 0.5) is 0 Å². The molecule has 0 radical (unpaired) electrons. The molecular formula is C9H15BrO3. The number of ketones is 1. The fourth-order valence-corrected chi connectivity index (χ4v) is 1.07. The molecule has 0 fully saturated rings. The van der Waals surface area contributed by atoms with Gasteiger partial charge in [0.2, 0.25) is 0 Å². The first-order chi connectivity index (χ1) is 6.20. The smallest absolute Gasteiger partial charge is 0.305 e. The number of ether oxygens (including phenoxy) is 1. The Morgan fingerprint density at radius 2 is 2.00 bits per heavy atom. The quantitative estimate of drug-likeness (QED) is 0.514. The maximum absolute atomic E-state index is 10.9. The maximum Gasteiger partial charge on any atom is 0.305 e. The molecule has 0 unspecified atom stereocenters. The van der Waals surface area contributed by atoms with Gasteiger partial charge in [0.25, 0.3) is 0 Å². The van der Waals surface area contributed by atoms with Crippen molar-refractivity contribution < 1.29 is 14.3 Å². The number of rotatable bonds is 7. The Morgan fingerprint density at radius 1 is 1.31 bits per heavy atom. The second kappa shape index (κ2) is 8.23. The van der Waals surface area contributed by atoms with Crippen molar-refractivity contribution >= 4 is 27.7 Å². The summed E-state index contributed by atoms with van der Waals surface area (Å²) in [4.78, 5) is 21.7. The highest BCUT2D eigenvalue weighted by molar-refractivity contribution is 9.09. The molecule has 0 aromatic heterocycles. The summed E-state index contributed by atoms with van der Waals surface area (Å²) in [5.74, 6) is -0.0764. The average molecular weight is 251 g/mol. The van der Waals surface area contributed by atoms with Crippen molar-refractivity contribution in [2.24, 2.45) is 0 Å². The second-order valence-electron chi connectivity index (χ2n) is 2.75. The van der Waals surface area contributed by atoms with Gasteiger partial charge in [0.1, 0.15) is 5.78 Å². The topological polar surface area (TPSA) is 43.4 Å². The molecular weight excluding hydrogens is 236 g/mol. The van der Waals surface area contributed by atoms with Gasteiger partial charge in [-0.15, -0.1) is 0 Å². The number of Topliss-reactive ketones (excluding diaryl/α,β-unsaturated/α-hetero) is 1. The zero-order valence-corrected chi connectivity index (χ0v) is 9.43. The number of esters is 1. The van der Waals surface area contributed by atoms with Gasteiger partial charge in [0.05, 0.1) is 11.9 Å². The fourth-order valence-electron chi connectivity index (χ4n) is 0.785. The molecule has 13 heavy (non-hydrogen) atoms. The molecule has 0 aliphatic rings. The maximum atomic E-state index is 10.9. The van der Waals surface area contributed by atoms with Crippen molar-refractivity contribution in [1.29, 1.82) is 0 Å². The number of carbonyl (C=O) groups is 2. The zero-order chi connectivity index (χ0) is 10.1. The van der Waals surface area contributed by atoms with Gasteiger partial charge in [0.15, 0.2) is 0 Å². The third kappa shape index (κ3) is 7.96. The van der Waals surface area contributed by atoms with Gasteiger partial charge in [-0.2, -0.15) is 0 Å². The van der Waals surface area contributed by atoms with E-state index in [1.807, 2.05) is 6.92 Å². The van der Waals surface area contributed by atoms with E-state index in [1.165, 1.54) is 0 Å². The predicted octanol–water partition coefficient (Wildman–Crippen LogP) is 2.07. The van der Waals surface area contributed by atoms with Gasteiger partial charge in [0, 0.05) is 12.8 Å². The van der Waals surface area contributed by atoms with Crippen LogP contribution in [0.5, 0.6) is 0 Å². The lowest BCUT2D eigenvalue weighted by Gasteiger charge is -2.01. The van der Waals surface area contributed by atoms with Crippen LogP contribution in [0.25, 0.3) is 0 Å². The molecule has 0 saturated carbocycles. The first kappa shape index (κ1) is 12.6. The molecule has 76 valence electrons. The minimum absolute atomic E-state index is 0.128. The third-order valence-electron chi connectivity index (χ3n) is 1.45. The summed E-state index contributed by atoms with van der Waals surface area (Å²) in [5, 5.41) is 0.372. The Labute approximate surface area is 87.0 Å². The number of halogens is 1. The SMILES string of the molecule is CCCOC(=O)CCCC(=O)CBr. The van der Waals surface area contributed by atoms with Gasteiger partial charge in [-0.3, -0.25) is 9.59 Å². The molecule has 0 aromatic rings. The fraction of sp³-hybridized carbons (Fsp3) is 0.778. The minimum Gasteiger partial charge on any atom is -0.466 e. The zero-order valence-electron chi connectivity index (χ0n) is 7.85. The lowest BCUT2D eigenvalue weighted by molar-refractivity contribution is -0.143. The van der Waals surface area contributed by atoms with Crippen molar-refractivity contribution in [2.75, 3.05) is 11.9 Å². The molecule has 0 amide bonds. The molecule has 3 nitrogen and oxygen atoms in total. The highest BCUT2D eigenvalue weighted by Gasteiger charge is 2.04. The summed E-state index contributed by atoms with van der Waals surface area (Å²) in [6, 6.07) is 0. The summed E-state index contributed by atoms with van der Waals surface area (Å²) in [6.07, 6.45) is 2.23. The van der Waals surface area contributed by atoms with Gasteiger partial charge in [-0.25, -0.2) is 0 Å². The standard InChI is InChI=1S/C9H15BrO3/c1-2-6-13-9(12)5-3-4-8(11)7-10/h2-7H2,1H3. The monoisotopic (exact) mass is 250 g/mol. The largest absolute Gasteiger partial charge is 0.466 e. The van der Waals surface area contributed by atoms with Gasteiger partial charge in [-0.05, 0) is 12.8 Å². The van der Waals surface area contributed by atoms with Crippen molar-refractivity contribution in [3.05, 3.63) is 0 Å². The van der Waals surface area contributed by atoms with Crippen LogP contribution >= 0.6 is 15.9 Å².